The van der Waals surface area contributed by atoms with Gasteiger partial charge in [-0.2, -0.15) is 9.37 Å². The number of hydrogen-bond acceptors (Lipinski definition) is 7. The van der Waals surface area contributed by atoms with E-state index in [-0.39, 0.29) is 41.5 Å². The fraction of sp³-hybridized carbons (Fsp3) is 0.800. The minimum Gasteiger partial charge on any atom is -0.308 e. The van der Waals surface area contributed by atoms with Gasteiger partial charge in [-0.1, -0.05) is 57.5 Å². The lowest BCUT2D eigenvalue weighted by Gasteiger charge is -2.49. The molecule has 0 amide bonds. The Morgan fingerprint density at radius 2 is 1.49 bits per heavy atom. The van der Waals surface area contributed by atoms with Gasteiger partial charge < -0.3 is 9.05 Å². The van der Waals surface area contributed by atoms with Gasteiger partial charge >= 0.3 is 7.60 Å². The number of nitrogens with zero attached hydrogens (tertiary/aromatic N) is 2. The molecule has 1 fully saturated rings. The first-order chi connectivity index (χ1) is 18.6. The highest BCUT2D eigenvalue weighted by Crippen LogP contribution is 2.61. The summed E-state index contributed by atoms with van der Waals surface area (Å²) in [6.07, 6.45) is 0.472. The Balaban J connectivity index is 2.52. The van der Waals surface area contributed by atoms with Crippen LogP contribution < -0.4 is 0 Å². The molecule has 11 heteroatoms. The summed E-state index contributed by atoms with van der Waals surface area (Å²) >= 11 is 3.40. The summed E-state index contributed by atoms with van der Waals surface area (Å²) in [5, 5.41) is 1.81. The SMILES string of the molecule is CCOP(=O)(OCC)C(N(OC(C)[C@H]1CN(S(=O)(=O)c2ccc(Br)cc2)C[C@H]1CC(C)(C)C)C(C)(C)C)C(C)(C)C. The molecule has 0 N–H and O–H groups in total. The second kappa shape index (κ2) is 13.8. The van der Waals surface area contributed by atoms with E-state index in [0.717, 1.165) is 10.9 Å². The molecule has 0 aliphatic carbocycles. The van der Waals surface area contributed by atoms with Crippen molar-refractivity contribution < 1.29 is 26.9 Å². The van der Waals surface area contributed by atoms with E-state index in [1.165, 1.54) is 0 Å². The Morgan fingerprint density at radius 3 is 1.90 bits per heavy atom. The van der Waals surface area contributed by atoms with E-state index in [2.05, 4.69) is 36.7 Å². The molecule has 2 unspecified atom stereocenters. The minimum atomic E-state index is -3.69. The van der Waals surface area contributed by atoms with E-state index in [1.54, 1.807) is 28.6 Å². The summed E-state index contributed by atoms with van der Waals surface area (Å²) in [6.45, 7) is 25.5. The predicted octanol–water partition coefficient (Wildman–Crippen LogP) is 8.18. The summed E-state index contributed by atoms with van der Waals surface area (Å²) in [5.74, 6) is -0.693. The number of hydrogen-bond donors (Lipinski definition) is 0. The monoisotopic (exact) mass is 680 g/mol. The molecule has 8 nitrogen and oxygen atoms in total. The van der Waals surface area contributed by atoms with Crippen molar-refractivity contribution in [1.82, 2.24) is 9.37 Å². The molecule has 1 heterocycles. The quantitative estimate of drug-likeness (QED) is 0.163. The maximum absolute atomic E-state index is 14.3. The molecular weight excluding hydrogens is 627 g/mol. The number of rotatable bonds is 12. The molecule has 1 aliphatic heterocycles. The summed E-state index contributed by atoms with van der Waals surface area (Å²) in [5.41, 5.74) is -1.08. The highest BCUT2D eigenvalue weighted by molar-refractivity contribution is 9.10. The van der Waals surface area contributed by atoms with Gasteiger partial charge in [-0.15, -0.1) is 0 Å². The number of hydroxylamine groups is 2. The van der Waals surface area contributed by atoms with Crippen molar-refractivity contribution in [3.8, 4) is 0 Å². The van der Waals surface area contributed by atoms with Crippen LogP contribution in [0.2, 0.25) is 0 Å². The number of benzene rings is 1. The van der Waals surface area contributed by atoms with Gasteiger partial charge in [0, 0.05) is 29.0 Å². The van der Waals surface area contributed by atoms with Crippen LogP contribution in [0.5, 0.6) is 0 Å². The summed E-state index contributed by atoms with van der Waals surface area (Å²) in [7, 11) is -7.32. The smallest absolute Gasteiger partial charge is 0.308 e. The molecular formula is C30H54BrN2O6PS. The molecule has 0 bridgehead atoms. The first-order valence-electron chi connectivity index (χ1n) is 14.7. The highest BCUT2D eigenvalue weighted by Gasteiger charge is 2.53. The summed E-state index contributed by atoms with van der Waals surface area (Å²) in [6, 6.07) is 6.78. The Labute approximate surface area is 258 Å². The molecule has 0 saturated carbocycles. The van der Waals surface area contributed by atoms with E-state index in [9.17, 15) is 13.0 Å². The second-order valence-corrected chi connectivity index (χ2v) is 19.3. The van der Waals surface area contributed by atoms with Crippen molar-refractivity contribution in [2.75, 3.05) is 26.3 Å². The van der Waals surface area contributed by atoms with Crippen LogP contribution in [0.25, 0.3) is 0 Å². The van der Waals surface area contributed by atoms with Gasteiger partial charge in [0.2, 0.25) is 10.0 Å². The van der Waals surface area contributed by atoms with E-state index in [1.807, 2.05) is 67.4 Å². The lowest BCUT2D eigenvalue weighted by Crippen LogP contribution is -2.55. The molecule has 4 atom stereocenters. The average molecular weight is 682 g/mol. The zero-order chi connectivity index (χ0) is 31.6. The van der Waals surface area contributed by atoms with E-state index >= 15 is 0 Å². The first-order valence-corrected chi connectivity index (χ1v) is 18.5. The van der Waals surface area contributed by atoms with Crippen LogP contribution in [-0.4, -0.2) is 61.5 Å². The standard InChI is InChI=1S/C30H54BrN2O6PS/c1-13-37-40(34,38-14-2)27(29(7,8)9)33(30(10,11)12)39-22(3)26-21-32(20-23(26)19-28(4,5)6)41(35,36)25-17-15-24(31)16-18-25/h15-18,22-23,26-27H,13-14,19-21H2,1-12H3/t22?,23-,26-,27?/m1/s1. The topological polar surface area (TPSA) is 85.4 Å². The van der Waals surface area contributed by atoms with Gasteiger partial charge in [0.25, 0.3) is 0 Å². The molecule has 41 heavy (non-hydrogen) atoms. The Hall–Kier alpha value is -0.320. The predicted molar refractivity (Wildman–Crippen MR) is 170 cm³/mol. The molecule has 0 spiro atoms. The Bertz CT molecular complexity index is 1130. The van der Waals surface area contributed by atoms with E-state index < -0.39 is 34.4 Å². The van der Waals surface area contributed by atoms with Gasteiger partial charge in [0.05, 0.1) is 24.2 Å². The second-order valence-electron chi connectivity index (χ2n) is 14.4. The fourth-order valence-electron chi connectivity index (χ4n) is 5.67. The molecule has 1 aromatic rings. The lowest BCUT2D eigenvalue weighted by atomic mass is 9.78. The molecule has 1 aromatic carbocycles. The normalized spacial score (nSPS) is 21.4. The first kappa shape index (κ1) is 36.9. The van der Waals surface area contributed by atoms with Crippen LogP contribution >= 0.6 is 23.5 Å². The van der Waals surface area contributed by atoms with Crippen LogP contribution in [-0.2, 0) is 28.5 Å². The zero-order valence-electron chi connectivity index (χ0n) is 27.2. The maximum Gasteiger partial charge on any atom is 0.350 e. The third-order valence-corrected chi connectivity index (χ3v) is 12.4. The minimum absolute atomic E-state index is 0.00266. The Morgan fingerprint density at radius 1 is 0.976 bits per heavy atom. The van der Waals surface area contributed by atoms with Gasteiger partial charge in [-0.05, 0) is 89.0 Å². The fourth-order valence-corrected chi connectivity index (χ4v) is 10.2. The van der Waals surface area contributed by atoms with Crippen molar-refractivity contribution in [2.24, 2.45) is 22.7 Å². The van der Waals surface area contributed by atoms with Crippen molar-refractivity contribution in [3.63, 3.8) is 0 Å². The number of halogens is 1. The third-order valence-electron chi connectivity index (χ3n) is 7.24. The van der Waals surface area contributed by atoms with Crippen molar-refractivity contribution in [1.29, 1.82) is 0 Å². The van der Waals surface area contributed by atoms with Gasteiger partial charge in [-0.25, -0.2) is 8.42 Å². The number of sulfonamides is 1. The van der Waals surface area contributed by atoms with Crippen molar-refractivity contribution in [3.05, 3.63) is 28.7 Å². The maximum atomic E-state index is 14.3. The molecule has 0 radical (unpaired) electrons. The van der Waals surface area contributed by atoms with Crippen LogP contribution in [0.1, 0.15) is 89.5 Å². The van der Waals surface area contributed by atoms with Crippen LogP contribution in [0.4, 0.5) is 0 Å². The van der Waals surface area contributed by atoms with Crippen LogP contribution in [0, 0.1) is 22.7 Å². The lowest BCUT2D eigenvalue weighted by molar-refractivity contribution is -0.273. The Kier molecular flexibility index (Phi) is 12.4. The molecule has 1 saturated heterocycles. The van der Waals surface area contributed by atoms with E-state index in [0.29, 0.717) is 13.1 Å². The third kappa shape index (κ3) is 9.58. The molecule has 2 rings (SSSR count). The van der Waals surface area contributed by atoms with Crippen molar-refractivity contribution in [2.45, 2.75) is 112 Å². The van der Waals surface area contributed by atoms with Gasteiger partial charge in [-0.3, -0.25) is 9.40 Å². The van der Waals surface area contributed by atoms with E-state index in [4.69, 9.17) is 13.9 Å². The summed E-state index contributed by atoms with van der Waals surface area (Å²) < 4.78 is 55.9. The molecule has 238 valence electrons. The highest BCUT2D eigenvalue weighted by atomic mass is 79.9. The van der Waals surface area contributed by atoms with Gasteiger partial charge in [0.1, 0.15) is 5.78 Å². The van der Waals surface area contributed by atoms with Crippen LogP contribution in [0.3, 0.4) is 0 Å². The van der Waals surface area contributed by atoms with Crippen LogP contribution in [0.15, 0.2) is 33.6 Å². The van der Waals surface area contributed by atoms with Gasteiger partial charge in [0.15, 0.2) is 0 Å². The van der Waals surface area contributed by atoms with Crippen molar-refractivity contribution >= 4 is 33.5 Å². The molecule has 1 aliphatic rings. The largest absolute Gasteiger partial charge is 0.350 e. The zero-order valence-corrected chi connectivity index (χ0v) is 30.5. The average Bonchev–Trinajstić information content (AvgIpc) is 3.20. The summed E-state index contributed by atoms with van der Waals surface area (Å²) in [4.78, 5) is 7.11. The molecule has 0 aromatic heterocycles.